The van der Waals surface area contributed by atoms with Crippen molar-refractivity contribution in [2.75, 3.05) is 16.8 Å². The molecule has 29 heavy (non-hydrogen) atoms. The number of carbonyl (C=O) groups excluding carboxylic acids is 2. The number of rotatable bonds is 4. The van der Waals surface area contributed by atoms with Crippen LogP contribution in [0.15, 0.2) is 71.2 Å². The smallest absolute Gasteiger partial charge is 0.265 e. The monoisotopic (exact) mass is 470 g/mol. The molecule has 0 spiro atoms. The van der Waals surface area contributed by atoms with Crippen LogP contribution in [0.3, 0.4) is 0 Å². The van der Waals surface area contributed by atoms with E-state index in [0.29, 0.717) is 34.3 Å². The SMILES string of the molecule is O=C(Nc1ccc2c(c1)N(Cc1cccc(Cl)c1)C(=O)CO2)c1cccc(Br)c1. The first-order valence-electron chi connectivity index (χ1n) is 8.88. The Morgan fingerprint density at radius 3 is 2.72 bits per heavy atom. The molecular weight excluding hydrogens is 456 g/mol. The van der Waals surface area contributed by atoms with Gasteiger partial charge in [-0.25, -0.2) is 0 Å². The van der Waals surface area contributed by atoms with Crippen molar-refractivity contribution in [2.24, 2.45) is 0 Å². The number of fused-ring (bicyclic) bond motifs is 1. The Kier molecular flexibility index (Phi) is 5.56. The Morgan fingerprint density at radius 2 is 1.93 bits per heavy atom. The normalized spacial score (nSPS) is 12.9. The van der Waals surface area contributed by atoms with Crippen LogP contribution in [0.4, 0.5) is 11.4 Å². The third kappa shape index (κ3) is 4.44. The fourth-order valence-corrected chi connectivity index (χ4v) is 3.72. The third-order valence-electron chi connectivity index (χ3n) is 4.48. The van der Waals surface area contributed by atoms with E-state index in [2.05, 4.69) is 21.2 Å². The number of benzene rings is 3. The molecule has 0 bridgehead atoms. The molecule has 2 amide bonds. The predicted octanol–water partition coefficient (Wildman–Crippen LogP) is 5.28. The zero-order valence-electron chi connectivity index (χ0n) is 15.2. The minimum absolute atomic E-state index is 0.0304. The highest BCUT2D eigenvalue weighted by Gasteiger charge is 2.26. The summed E-state index contributed by atoms with van der Waals surface area (Å²) in [6.45, 7) is 0.329. The molecule has 1 heterocycles. The van der Waals surface area contributed by atoms with Gasteiger partial charge in [0.2, 0.25) is 0 Å². The van der Waals surface area contributed by atoms with Gasteiger partial charge in [-0.1, -0.05) is 45.7 Å². The molecule has 5 nitrogen and oxygen atoms in total. The summed E-state index contributed by atoms with van der Waals surface area (Å²) in [4.78, 5) is 26.7. The molecule has 1 aliphatic rings. The fraction of sp³-hybridized carbons (Fsp3) is 0.0909. The lowest BCUT2D eigenvalue weighted by Gasteiger charge is -2.30. The molecule has 3 aromatic rings. The van der Waals surface area contributed by atoms with Crippen molar-refractivity contribution in [1.29, 1.82) is 0 Å². The second kappa shape index (κ2) is 8.27. The number of nitrogens with zero attached hydrogens (tertiary/aromatic N) is 1. The topological polar surface area (TPSA) is 58.6 Å². The van der Waals surface area contributed by atoms with Crippen LogP contribution in [0.25, 0.3) is 0 Å². The van der Waals surface area contributed by atoms with Crippen molar-refractivity contribution in [1.82, 2.24) is 0 Å². The third-order valence-corrected chi connectivity index (χ3v) is 5.20. The molecule has 0 aliphatic carbocycles. The Labute approximate surface area is 181 Å². The van der Waals surface area contributed by atoms with Crippen LogP contribution in [0.2, 0.25) is 5.02 Å². The molecule has 0 radical (unpaired) electrons. The van der Waals surface area contributed by atoms with E-state index < -0.39 is 0 Å². The summed E-state index contributed by atoms with van der Waals surface area (Å²) in [7, 11) is 0. The van der Waals surface area contributed by atoms with Gasteiger partial charge in [-0.15, -0.1) is 0 Å². The van der Waals surface area contributed by atoms with E-state index in [1.165, 1.54) is 0 Å². The molecule has 0 saturated heterocycles. The summed E-state index contributed by atoms with van der Waals surface area (Å²) < 4.78 is 6.37. The van der Waals surface area contributed by atoms with E-state index in [9.17, 15) is 9.59 Å². The molecule has 0 atom stereocenters. The summed E-state index contributed by atoms with van der Waals surface area (Å²) in [5, 5.41) is 3.48. The number of hydrogen-bond donors (Lipinski definition) is 1. The Morgan fingerprint density at radius 1 is 1.10 bits per heavy atom. The van der Waals surface area contributed by atoms with Crippen molar-refractivity contribution >= 4 is 50.7 Å². The number of anilines is 2. The summed E-state index contributed by atoms with van der Waals surface area (Å²) in [5.41, 5.74) is 2.61. The van der Waals surface area contributed by atoms with E-state index in [4.69, 9.17) is 16.3 Å². The van der Waals surface area contributed by atoms with E-state index >= 15 is 0 Å². The molecule has 3 aromatic carbocycles. The van der Waals surface area contributed by atoms with Gasteiger partial charge in [0.1, 0.15) is 5.75 Å². The predicted molar refractivity (Wildman–Crippen MR) is 117 cm³/mol. The maximum Gasteiger partial charge on any atom is 0.265 e. The second-order valence-corrected chi connectivity index (χ2v) is 7.90. The van der Waals surface area contributed by atoms with Crippen LogP contribution >= 0.6 is 27.5 Å². The lowest BCUT2D eigenvalue weighted by Crippen LogP contribution is -2.38. The summed E-state index contributed by atoms with van der Waals surface area (Å²) in [5.74, 6) is 0.190. The molecule has 146 valence electrons. The van der Waals surface area contributed by atoms with E-state index in [1.54, 1.807) is 47.4 Å². The quantitative estimate of drug-likeness (QED) is 0.563. The van der Waals surface area contributed by atoms with Gasteiger partial charge in [0, 0.05) is 20.7 Å². The van der Waals surface area contributed by atoms with E-state index in [1.807, 2.05) is 24.3 Å². The van der Waals surface area contributed by atoms with Crippen LogP contribution < -0.4 is 15.0 Å². The van der Waals surface area contributed by atoms with Gasteiger partial charge in [0.05, 0.1) is 12.2 Å². The number of amides is 2. The first kappa shape index (κ1) is 19.5. The number of ether oxygens (including phenoxy) is 1. The van der Waals surface area contributed by atoms with Crippen molar-refractivity contribution in [3.8, 4) is 5.75 Å². The maximum atomic E-state index is 12.6. The van der Waals surface area contributed by atoms with E-state index in [-0.39, 0.29) is 18.4 Å². The zero-order chi connectivity index (χ0) is 20.4. The largest absolute Gasteiger partial charge is 0.482 e. The lowest BCUT2D eigenvalue weighted by atomic mass is 10.1. The Bertz CT molecular complexity index is 1100. The minimum Gasteiger partial charge on any atom is -0.482 e. The van der Waals surface area contributed by atoms with Gasteiger partial charge in [-0.05, 0) is 54.1 Å². The first-order chi connectivity index (χ1) is 14.0. The molecule has 4 rings (SSSR count). The number of nitrogens with one attached hydrogen (secondary N) is 1. The average molecular weight is 472 g/mol. The van der Waals surface area contributed by atoms with Crippen LogP contribution in [0.5, 0.6) is 5.75 Å². The van der Waals surface area contributed by atoms with Gasteiger partial charge in [0.15, 0.2) is 6.61 Å². The van der Waals surface area contributed by atoms with Crippen molar-refractivity contribution in [2.45, 2.75) is 6.54 Å². The van der Waals surface area contributed by atoms with Crippen molar-refractivity contribution in [3.63, 3.8) is 0 Å². The molecule has 0 aromatic heterocycles. The number of carbonyl (C=O) groups is 2. The highest BCUT2D eigenvalue weighted by molar-refractivity contribution is 9.10. The molecule has 7 heteroatoms. The molecule has 0 saturated carbocycles. The zero-order valence-corrected chi connectivity index (χ0v) is 17.5. The second-order valence-electron chi connectivity index (χ2n) is 6.55. The van der Waals surface area contributed by atoms with Gasteiger partial charge in [-0.2, -0.15) is 0 Å². The highest BCUT2D eigenvalue weighted by Crippen LogP contribution is 2.35. The summed E-state index contributed by atoms with van der Waals surface area (Å²) >= 11 is 9.44. The first-order valence-corrected chi connectivity index (χ1v) is 10.1. The molecular formula is C22H16BrClN2O3. The van der Waals surface area contributed by atoms with Crippen LogP contribution in [0, 0.1) is 0 Å². The van der Waals surface area contributed by atoms with Crippen LogP contribution in [0.1, 0.15) is 15.9 Å². The van der Waals surface area contributed by atoms with E-state index in [0.717, 1.165) is 10.0 Å². The molecule has 0 unspecified atom stereocenters. The highest BCUT2D eigenvalue weighted by atomic mass is 79.9. The van der Waals surface area contributed by atoms with Crippen LogP contribution in [-0.2, 0) is 11.3 Å². The van der Waals surface area contributed by atoms with Gasteiger partial charge < -0.3 is 15.0 Å². The minimum atomic E-state index is -0.240. The van der Waals surface area contributed by atoms with Gasteiger partial charge in [-0.3, -0.25) is 9.59 Å². The molecule has 1 N–H and O–H groups in total. The van der Waals surface area contributed by atoms with Crippen molar-refractivity contribution < 1.29 is 14.3 Å². The lowest BCUT2D eigenvalue weighted by molar-refractivity contribution is -0.121. The maximum absolute atomic E-state index is 12.6. The molecule has 1 aliphatic heterocycles. The summed E-state index contributed by atoms with van der Waals surface area (Å²) in [6.07, 6.45) is 0. The van der Waals surface area contributed by atoms with Gasteiger partial charge in [0.25, 0.3) is 11.8 Å². The van der Waals surface area contributed by atoms with Crippen molar-refractivity contribution in [3.05, 3.63) is 87.4 Å². The average Bonchev–Trinajstić information content (AvgIpc) is 2.70. The fourth-order valence-electron chi connectivity index (χ4n) is 3.10. The number of hydrogen-bond acceptors (Lipinski definition) is 3. The summed E-state index contributed by atoms with van der Waals surface area (Å²) in [6, 6.07) is 19.7. The number of halogens is 2. The van der Waals surface area contributed by atoms with Gasteiger partial charge >= 0.3 is 0 Å². The standard InChI is InChI=1S/C22H16BrClN2O3/c23-16-5-2-4-15(10-16)22(28)25-18-7-8-20-19(11-18)26(21(27)13-29-20)12-14-3-1-6-17(24)9-14/h1-11H,12-13H2,(H,25,28). The Balaban J connectivity index is 1.61. The molecule has 0 fully saturated rings. The Hall–Kier alpha value is -2.83. The van der Waals surface area contributed by atoms with Crippen LogP contribution in [-0.4, -0.2) is 18.4 Å².